The van der Waals surface area contributed by atoms with E-state index in [0.717, 1.165) is 32.5 Å². The third kappa shape index (κ3) is 2.71. The number of fused-ring (bicyclic) bond motifs is 2. The Morgan fingerprint density at radius 3 is 1.55 bits per heavy atom. The highest BCUT2D eigenvalue weighted by Gasteiger charge is 2.22. The SMILES string of the molecule is CN(C)c1cc(Cl)c2c(c1)Sc1cc(N(C)C)cc(Cl)c1N2. The summed E-state index contributed by atoms with van der Waals surface area (Å²) in [5.41, 5.74) is 4.00. The van der Waals surface area contributed by atoms with Crippen molar-refractivity contribution in [1.29, 1.82) is 0 Å². The summed E-state index contributed by atoms with van der Waals surface area (Å²) in [5.74, 6) is 0. The lowest BCUT2D eigenvalue weighted by molar-refractivity contribution is 1.11. The van der Waals surface area contributed by atoms with Crippen molar-refractivity contribution >= 4 is 57.7 Å². The Balaban J connectivity index is 2.10. The molecule has 1 N–H and O–H groups in total. The van der Waals surface area contributed by atoms with E-state index in [2.05, 4.69) is 17.4 Å². The molecule has 0 radical (unpaired) electrons. The van der Waals surface area contributed by atoms with Crippen LogP contribution in [0.15, 0.2) is 34.1 Å². The van der Waals surface area contributed by atoms with Gasteiger partial charge in [-0.15, -0.1) is 0 Å². The standard InChI is InChI=1S/C16H17Cl2N3S/c1-20(2)9-5-11(17)15-13(7-9)22-14-8-10(21(3)4)6-12(18)16(14)19-15/h5-8,19H,1-4H3. The molecule has 6 heteroatoms. The lowest BCUT2D eigenvalue weighted by Crippen LogP contribution is -2.11. The largest absolute Gasteiger partial charge is 0.378 e. The first kappa shape index (κ1) is 15.7. The Bertz CT molecular complexity index is 683. The van der Waals surface area contributed by atoms with E-state index in [4.69, 9.17) is 23.2 Å². The van der Waals surface area contributed by atoms with Gasteiger partial charge in [-0.25, -0.2) is 0 Å². The number of anilines is 4. The zero-order valence-corrected chi connectivity index (χ0v) is 15.2. The molecule has 2 aromatic carbocycles. The molecule has 0 aromatic heterocycles. The molecule has 0 spiro atoms. The molecule has 1 aliphatic rings. The summed E-state index contributed by atoms with van der Waals surface area (Å²) in [5, 5.41) is 4.79. The van der Waals surface area contributed by atoms with E-state index in [1.807, 2.05) is 50.1 Å². The van der Waals surface area contributed by atoms with Crippen LogP contribution in [-0.2, 0) is 0 Å². The molecule has 1 heterocycles. The predicted molar refractivity (Wildman–Crippen MR) is 99.0 cm³/mol. The third-order valence-electron chi connectivity index (χ3n) is 3.58. The second-order valence-corrected chi connectivity index (χ2v) is 7.52. The van der Waals surface area contributed by atoms with Crippen LogP contribution in [0.3, 0.4) is 0 Å². The molecule has 3 rings (SSSR count). The van der Waals surface area contributed by atoms with Gasteiger partial charge in [0.25, 0.3) is 0 Å². The number of hydrogen-bond donors (Lipinski definition) is 1. The van der Waals surface area contributed by atoms with E-state index >= 15 is 0 Å². The van der Waals surface area contributed by atoms with Crippen LogP contribution >= 0.6 is 35.0 Å². The van der Waals surface area contributed by atoms with Crippen molar-refractivity contribution in [2.75, 3.05) is 43.3 Å². The van der Waals surface area contributed by atoms with Gasteiger partial charge < -0.3 is 15.1 Å². The smallest absolute Gasteiger partial charge is 0.0717 e. The lowest BCUT2D eigenvalue weighted by atomic mass is 10.2. The van der Waals surface area contributed by atoms with Gasteiger partial charge in [0, 0.05) is 49.4 Å². The van der Waals surface area contributed by atoms with Crippen LogP contribution in [-0.4, -0.2) is 28.2 Å². The molecule has 1 aliphatic heterocycles. The maximum absolute atomic E-state index is 6.44. The van der Waals surface area contributed by atoms with Gasteiger partial charge in [-0.3, -0.25) is 0 Å². The number of rotatable bonds is 2. The number of nitrogens with zero attached hydrogens (tertiary/aromatic N) is 2. The molecule has 0 bridgehead atoms. The van der Waals surface area contributed by atoms with Crippen LogP contribution in [0.4, 0.5) is 22.7 Å². The molecule has 0 saturated carbocycles. The maximum atomic E-state index is 6.44. The zero-order valence-electron chi connectivity index (χ0n) is 12.9. The first-order valence-electron chi connectivity index (χ1n) is 6.83. The molecule has 3 nitrogen and oxygen atoms in total. The van der Waals surface area contributed by atoms with Crippen LogP contribution in [0.1, 0.15) is 0 Å². The number of nitrogens with one attached hydrogen (secondary N) is 1. The Hall–Kier alpha value is -1.23. The molecule has 0 amide bonds. The molecule has 116 valence electrons. The summed E-state index contributed by atoms with van der Waals surface area (Å²) in [7, 11) is 8.03. The van der Waals surface area contributed by atoms with Crippen LogP contribution in [0, 0.1) is 0 Å². The maximum Gasteiger partial charge on any atom is 0.0717 e. The van der Waals surface area contributed by atoms with Gasteiger partial charge in [0.05, 0.1) is 21.4 Å². The molecule has 22 heavy (non-hydrogen) atoms. The van der Waals surface area contributed by atoms with Crippen molar-refractivity contribution in [3.8, 4) is 0 Å². The molecular formula is C16H17Cl2N3S. The van der Waals surface area contributed by atoms with Gasteiger partial charge in [-0.1, -0.05) is 35.0 Å². The predicted octanol–water partition coefficient (Wildman–Crippen LogP) is 5.33. The Morgan fingerprint density at radius 2 is 1.18 bits per heavy atom. The van der Waals surface area contributed by atoms with Gasteiger partial charge >= 0.3 is 0 Å². The molecule has 0 atom stereocenters. The number of benzene rings is 2. The fourth-order valence-corrected chi connectivity index (χ4v) is 4.06. The van der Waals surface area contributed by atoms with Crippen molar-refractivity contribution < 1.29 is 0 Å². The van der Waals surface area contributed by atoms with Gasteiger partial charge in [-0.2, -0.15) is 0 Å². The van der Waals surface area contributed by atoms with Crippen molar-refractivity contribution in [3.63, 3.8) is 0 Å². The van der Waals surface area contributed by atoms with Crippen LogP contribution < -0.4 is 15.1 Å². The number of halogens is 2. The average molecular weight is 354 g/mol. The van der Waals surface area contributed by atoms with Gasteiger partial charge in [-0.05, 0) is 24.3 Å². The molecular weight excluding hydrogens is 337 g/mol. The summed E-state index contributed by atoms with van der Waals surface area (Å²) in [6.07, 6.45) is 0. The number of hydrogen-bond acceptors (Lipinski definition) is 4. The Morgan fingerprint density at radius 1 is 0.773 bits per heavy atom. The molecule has 0 fully saturated rings. The highest BCUT2D eigenvalue weighted by Crippen LogP contribution is 2.51. The highest BCUT2D eigenvalue weighted by molar-refractivity contribution is 7.99. The third-order valence-corrected chi connectivity index (χ3v) is 5.26. The minimum atomic E-state index is 0.701. The van der Waals surface area contributed by atoms with E-state index in [1.54, 1.807) is 11.8 Å². The van der Waals surface area contributed by atoms with Crippen molar-refractivity contribution in [2.45, 2.75) is 9.79 Å². The minimum Gasteiger partial charge on any atom is -0.378 e. The highest BCUT2D eigenvalue weighted by atomic mass is 35.5. The van der Waals surface area contributed by atoms with E-state index < -0.39 is 0 Å². The first-order valence-corrected chi connectivity index (χ1v) is 8.40. The molecule has 0 unspecified atom stereocenters. The van der Waals surface area contributed by atoms with Gasteiger partial charge in [0.2, 0.25) is 0 Å². The summed E-state index contributed by atoms with van der Waals surface area (Å²) >= 11 is 14.6. The fraction of sp³-hybridized carbons (Fsp3) is 0.250. The minimum absolute atomic E-state index is 0.701. The summed E-state index contributed by atoms with van der Waals surface area (Å²) in [4.78, 5) is 6.31. The average Bonchev–Trinajstić information content (AvgIpc) is 2.45. The second kappa shape index (κ2) is 5.76. The first-order chi connectivity index (χ1) is 10.4. The van der Waals surface area contributed by atoms with Crippen LogP contribution in [0.5, 0.6) is 0 Å². The van der Waals surface area contributed by atoms with Crippen molar-refractivity contribution in [2.24, 2.45) is 0 Å². The van der Waals surface area contributed by atoms with Gasteiger partial charge in [0.15, 0.2) is 0 Å². The quantitative estimate of drug-likeness (QED) is 0.670. The van der Waals surface area contributed by atoms with Crippen LogP contribution in [0.25, 0.3) is 0 Å². The van der Waals surface area contributed by atoms with Gasteiger partial charge in [0.1, 0.15) is 0 Å². The summed E-state index contributed by atoms with van der Waals surface area (Å²) in [6, 6.07) is 8.19. The monoisotopic (exact) mass is 353 g/mol. The van der Waals surface area contributed by atoms with E-state index in [0.29, 0.717) is 10.0 Å². The molecule has 0 aliphatic carbocycles. The van der Waals surface area contributed by atoms with Crippen LogP contribution in [0.2, 0.25) is 10.0 Å². The van der Waals surface area contributed by atoms with E-state index in [-0.39, 0.29) is 0 Å². The molecule has 2 aromatic rings. The zero-order chi connectivity index (χ0) is 16.0. The Labute approximate surface area is 145 Å². The van der Waals surface area contributed by atoms with Crippen molar-refractivity contribution in [1.82, 2.24) is 0 Å². The van der Waals surface area contributed by atoms with Crippen molar-refractivity contribution in [3.05, 3.63) is 34.3 Å². The second-order valence-electron chi connectivity index (χ2n) is 5.62. The van der Waals surface area contributed by atoms with E-state index in [1.165, 1.54) is 0 Å². The normalized spacial score (nSPS) is 12.3. The molecule has 0 saturated heterocycles. The topological polar surface area (TPSA) is 18.5 Å². The lowest BCUT2D eigenvalue weighted by Gasteiger charge is -2.26. The summed E-state index contributed by atoms with van der Waals surface area (Å²) < 4.78 is 0. The summed E-state index contributed by atoms with van der Waals surface area (Å²) in [6.45, 7) is 0. The Kier molecular flexibility index (Phi) is 4.10. The fourth-order valence-electron chi connectivity index (χ4n) is 2.30. The van der Waals surface area contributed by atoms with E-state index in [9.17, 15) is 0 Å².